The maximum Gasteiger partial charge on any atom is 0.00670 e. The fourth-order valence-electron chi connectivity index (χ4n) is 2.67. The second kappa shape index (κ2) is 7.27. The first-order valence-corrected chi connectivity index (χ1v) is 7.02. The average molecular weight is 211 g/mol. The van der Waals surface area contributed by atoms with Crippen LogP contribution in [0.15, 0.2) is 0 Å². The van der Waals surface area contributed by atoms with E-state index in [4.69, 9.17) is 0 Å². The van der Waals surface area contributed by atoms with E-state index in [0.717, 1.165) is 12.0 Å². The van der Waals surface area contributed by atoms with Crippen molar-refractivity contribution < 1.29 is 0 Å². The molecule has 1 aliphatic heterocycles. The zero-order valence-electron chi connectivity index (χ0n) is 11.0. The Labute approximate surface area is 96.2 Å². The van der Waals surface area contributed by atoms with Crippen LogP contribution in [0.1, 0.15) is 65.7 Å². The summed E-state index contributed by atoms with van der Waals surface area (Å²) in [6.07, 6.45) is 9.86. The fraction of sp³-hybridized carbons (Fsp3) is 1.00. The van der Waals surface area contributed by atoms with Crippen LogP contribution in [-0.4, -0.2) is 24.0 Å². The van der Waals surface area contributed by atoms with E-state index in [0.29, 0.717) is 0 Å². The Kier molecular flexibility index (Phi) is 6.31. The lowest BCUT2D eigenvalue weighted by Gasteiger charge is -2.24. The predicted molar refractivity (Wildman–Crippen MR) is 68.2 cm³/mol. The van der Waals surface area contributed by atoms with Gasteiger partial charge in [0.1, 0.15) is 0 Å². The lowest BCUT2D eigenvalue weighted by Crippen LogP contribution is -2.30. The summed E-state index contributed by atoms with van der Waals surface area (Å²) in [6.45, 7) is 9.75. The number of rotatable bonds is 7. The third-order valence-electron chi connectivity index (χ3n) is 3.88. The summed E-state index contributed by atoms with van der Waals surface area (Å²) in [5.41, 5.74) is 0. The van der Waals surface area contributed by atoms with Gasteiger partial charge in [0.05, 0.1) is 0 Å². The van der Waals surface area contributed by atoms with Gasteiger partial charge in [0.2, 0.25) is 0 Å². The van der Waals surface area contributed by atoms with Crippen LogP contribution in [0.4, 0.5) is 0 Å². The van der Waals surface area contributed by atoms with Crippen LogP contribution in [0.5, 0.6) is 0 Å². The molecule has 0 saturated carbocycles. The first kappa shape index (κ1) is 13.0. The van der Waals surface area contributed by atoms with Crippen molar-refractivity contribution >= 4 is 0 Å². The van der Waals surface area contributed by atoms with E-state index in [1.807, 2.05) is 0 Å². The van der Waals surface area contributed by atoms with E-state index in [9.17, 15) is 0 Å². The highest BCUT2D eigenvalue weighted by atomic mass is 15.2. The SMILES string of the molecule is CCCCC1CCN(C(C)CCCC)C1. The molecule has 1 rings (SSSR count). The Morgan fingerprint density at radius 2 is 1.93 bits per heavy atom. The molecule has 90 valence electrons. The summed E-state index contributed by atoms with van der Waals surface area (Å²) in [5.74, 6) is 1.01. The highest BCUT2D eigenvalue weighted by Crippen LogP contribution is 2.24. The fourth-order valence-corrected chi connectivity index (χ4v) is 2.67. The molecule has 1 heterocycles. The van der Waals surface area contributed by atoms with E-state index < -0.39 is 0 Å². The number of hydrogen-bond donors (Lipinski definition) is 0. The molecule has 0 amide bonds. The molecule has 15 heavy (non-hydrogen) atoms. The van der Waals surface area contributed by atoms with Gasteiger partial charge in [0.25, 0.3) is 0 Å². The maximum atomic E-state index is 2.72. The summed E-state index contributed by atoms with van der Waals surface area (Å²) in [7, 11) is 0. The van der Waals surface area contributed by atoms with Gasteiger partial charge in [-0.3, -0.25) is 0 Å². The second-order valence-electron chi connectivity index (χ2n) is 5.28. The summed E-state index contributed by atoms with van der Waals surface area (Å²) in [4.78, 5) is 2.72. The second-order valence-corrected chi connectivity index (χ2v) is 5.28. The largest absolute Gasteiger partial charge is 0.300 e. The Bertz CT molecular complexity index is 155. The zero-order chi connectivity index (χ0) is 11.1. The Morgan fingerprint density at radius 1 is 1.20 bits per heavy atom. The smallest absolute Gasteiger partial charge is 0.00670 e. The highest BCUT2D eigenvalue weighted by Gasteiger charge is 2.24. The maximum absolute atomic E-state index is 2.72. The third-order valence-corrected chi connectivity index (χ3v) is 3.88. The lowest BCUT2D eigenvalue weighted by molar-refractivity contribution is 0.232. The molecule has 0 N–H and O–H groups in total. The molecule has 0 aliphatic carbocycles. The van der Waals surface area contributed by atoms with Gasteiger partial charge < -0.3 is 4.90 Å². The molecule has 0 spiro atoms. The van der Waals surface area contributed by atoms with Crippen molar-refractivity contribution in [3.8, 4) is 0 Å². The topological polar surface area (TPSA) is 3.24 Å². The zero-order valence-corrected chi connectivity index (χ0v) is 11.0. The molecule has 2 atom stereocenters. The van der Waals surface area contributed by atoms with E-state index in [-0.39, 0.29) is 0 Å². The highest BCUT2D eigenvalue weighted by molar-refractivity contribution is 4.79. The molecule has 0 aromatic carbocycles. The van der Waals surface area contributed by atoms with Crippen molar-refractivity contribution in [3.05, 3.63) is 0 Å². The molecule has 0 bridgehead atoms. The summed E-state index contributed by atoms with van der Waals surface area (Å²) in [5, 5.41) is 0. The summed E-state index contributed by atoms with van der Waals surface area (Å²) < 4.78 is 0. The van der Waals surface area contributed by atoms with Crippen LogP contribution in [0.25, 0.3) is 0 Å². The Morgan fingerprint density at radius 3 is 2.60 bits per heavy atom. The van der Waals surface area contributed by atoms with Crippen molar-refractivity contribution in [2.75, 3.05) is 13.1 Å². The van der Waals surface area contributed by atoms with Crippen LogP contribution in [-0.2, 0) is 0 Å². The molecule has 0 radical (unpaired) electrons. The van der Waals surface area contributed by atoms with Gasteiger partial charge in [0, 0.05) is 12.6 Å². The third kappa shape index (κ3) is 4.55. The standard InChI is InChI=1S/C14H29N/c1-4-6-8-13(3)15-11-10-14(12-15)9-7-5-2/h13-14H,4-12H2,1-3H3. The molecular weight excluding hydrogens is 182 g/mol. The number of hydrogen-bond acceptors (Lipinski definition) is 1. The first-order valence-electron chi connectivity index (χ1n) is 7.02. The lowest BCUT2D eigenvalue weighted by atomic mass is 10.0. The van der Waals surface area contributed by atoms with Crippen molar-refractivity contribution in [2.45, 2.75) is 71.8 Å². The quantitative estimate of drug-likeness (QED) is 0.613. The van der Waals surface area contributed by atoms with Crippen LogP contribution < -0.4 is 0 Å². The van der Waals surface area contributed by atoms with E-state index in [1.54, 1.807) is 0 Å². The molecule has 1 fully saturated rings. The van der Waals surface area contributed by atoms with Gasteiger partial charge in [-0.05, 0) is 38.6 Å². The van der Waals surface area contributed by atoms with Crippen molar-refractivity contribution in [1.29, 1.82) is 0 Å². The minimum absolute atomic E-state index is 0.830. The molecule has 0 aromatic heterocycles. The number of nitrogens with zero attached hydrogens (tertiary/aromatic N) is 1. The van der Waals surface area contributed by atoms with Gasteiger partial charge in [-0.15, -0.1) is 0 Å². The van der Waals surface area contributed by atoms with E-state index in [1.165, 1.54) is 58.0 Å². The van der Waals surface area contributed by atoms with E-state index >= 15 is 0 Å². The summed E-state index contributed by atoms with van der Waals surface area (Å²) >= 11 is 0. The van der Waals surface area contributed by atoms with Gasteiger partial charge in [-0.2, -0.15) is 0 Å². The molecule has 0 aromatic rings. The minimum atomic E-state index is 0.830. The predicted octanol–water partition coefficient (Wildman–Crippen LogP) is 4.08. The minimum Gasteiger partial charge on any atom is -0.300 e. The molecule has 1 aliphatic rings. The van der Waals surface area contributed by atoms with Crippen LogP contribution in [0.3, 0.4) is 0 Å². The first-order chi connectivity index (χ1) is 7.27. The van der Waals surface area contributed by atoms with E-state index in [2.05, 4.69) is 25.7 Å². The molecular formula is C14H29N. The molecule has 1 saturated heterocycles. The molecule has 1 heteroatoms. The average Bonchev–Trinajstić information content (AvgIpc) is 2.71. The molecule has 2 unspecified atom stereocenters. The monoisotopic (exact) mass is 211 g/mol. The number of unbranched alkanes of at least 4 members (excludes halogenated alkanes) is 2. The Hall–Kier alpha value is -0.0400. The van der Waals surface area contributed by atoms with Crippen molar-refractivity contribution in [3.63, 3.8) is 0 Å². The van der Waals surface area contributed by atoms with Gasteiger partial charge in [0.15, 0.2) is 0 Å². The Balaban J connectivity index is 2.17. The van der Waals surface area contributed by atoms with Gasteiger partial charge in [-0.1, -0.05) is 39.5 Å². The number of likely N-dealkylation sites (tertiary alicyclic amines) is 1. The molecule has 1 nitrogen and oxygen atoms in total. The summed E-state index contributed by atoms with van der Waals surface area (Å²) in [6, 6.07) is 0.830. The normalized spacial score (nSPS) is 24.6. The van der Waals surface area contributed by atoms with Gasteiger partial charge in [-0.25, -0.2) is 0 Å². The van der Waals surface area contributed by atoms with Crippen LogP contribution >= 0.6 is 0 Å². The van der Waals surface area contributed by atoms with Crippen LogP contribution in [0, 0.1) is 5.92 Å². The van der Waals surface area contributed by atoms with Crippen molar-refractivity contribution in [1.82, 2.24) is 4.90 Å². The van der Waals surface area contributed by atoms with Crippen molar-refractivity contribution in [2.24, 2.45) is 5.92 Å². The van der Waals surface area contributed by atoms with Crippen LogP contribution in [0.2, 0.25) is 0 Å². The van der Waals surface area contributed by atoms with Gasteiger partial charge >= 0.3 is 0 Å².